The SMILES string of the molecule is CCCCCCCN1CCC(C)(CNC)C1. The molecule has 1 aliphatic heterocycles. The highest BCUT2D eigenvalue weighted by Crippen LogP contribution is 2.29. The summed E-state index contributed by atoms with van der Waals surface area (Å²) < 4.78 is 0. The van der Waals surface area contributed by atoms with E-state index >= 15 is 0 Å². The molecule has 1 fully saturated rings. The first-order chi connectivity index (χ1) is 7.70. The molecule has 1 atom stereocenters. The van der Waals surface area contributed by atoms with Crippen LogP contribution >= 0.6 is 0 Å². The van der Waals surface area contributed by atoms with Crippen LogP contribution in [0.4, 0.5) is 0 Å². The molecule has 0 radical (unpaired) electrons. The second kappa shape index (κ2) is 7.29. The summed E-state index contributed by atoms with van der Waals surface area (Å²) in [5.41, 5.74) is 0.526. The topological polar surface area (TPSA) is 15.3 Å². The van der Waals surface area contributed by atoms with E-state index in [1.807, 2.05) is 0 Å². The number of hydrogen-bond acceptors (Lipinski definition) is 2. The van der Waals surface area contributed by atoms with Crippen LogP contribution in [0, 0.1) is 5.41 Å². The van der Waals surface area contributed by atoms with Crippen LogP contribution in [0.15, 0.2) is 0 Å². The third kappa shape index (κ3) is 4.84. The fourth-order valence-corrected chi connectivity index (χ4v) is 2.83. The first-order valence-electron chi connectivity index (χ1n) is 7.07. The van der Waals surface area contributed by atoms with Gasteiger partial charge in [0, 0.05) is 13.1 Å². The average molecular weight is 226 g/mol. The zero-order valence-corrected chi connectivity index (χ0v) is 11.5. The minimum atomic E-state index is 0.526. The first-order valence-corrected chi connectivity index (χ1v) is 7.07. The maximum Gasteiger partial charge on any atom is 0.00480 e. The van der Waals surface area contributed by atoms with Crippen molar-refractivity contribution in [3.8, 4) is 0 Å². The van der Waals surface area contributed by atoms with Crippen molar-refractivity contribution in [2.75, 3.05) is 33.2 Å². The van der Waals surface area contributed by atoms with Gasteiger partial charge in [0.1, 0.15) is 0 Å². The van der Waals surface area contributed by atoms with Gasteiger partial charge in [-0.15, -0.1) is 0 Å². The van der Waals surface area contributed by atoms with E-state index in [-0.39, 0.29) is 0 Å². The maximum atomic E-state index is 3.33. The van der Waals surface area contributed by atoms with Gasteiger partial charge < -0.3 is 10.2 Å². The molecule has 1 aliphatic rings. The predicted molar refractivity (Wildman–Crippen MR) is 71.8 cm³/mol. The van der Waals surface area contributed by atoms with Crippen molar-refractivity contribution >= 4 is 0 Å². The summed E-state index contributed by atoms with van der Waals surface area (Å²) in [6.45, 7) is 9.79. The highest BCUT2D eigenvalue weighted by atomic mass is 15.2. The van der Waals surface area contributed by atoms with Gasteiger partial charge in [-0.05, 0) is 38.4 Å². The van der Waals surface area contributed by atoms with Crippen molar-refractivity contribution in [2.24, 2.45) is 5.41 Å². The minimum Gasteiger partial charge on any atom is -0.319 e. The molecule has 0 aromatic rings. The van der Waals surface area contributed by atoms with Crippen LogP contribution in [0.3, 0.4) is 0 Å². The molecule has 1 rings (SSSR count). The molecule has 1 unspecified atom stereocenters. The van der Waals surface area contributed by atoms with Gasteiger partial charge in [-0.3, -0.25) is 0 Å². The summed E-state index contributed by atoms with van der Waals surface area (Å²) in [6.07, 6.45) is 8.38. The van der Waals surface area contributed by atoms with E-state index < -0.39 is 0 Å². The zero-order valence-electron chi connectivity index (χ0n) is 11.5. The molecule has 96 valence electrons. The molecule has 1 N–H and O–H groups in total. The second-order valence-corrected chi connectivity index (χ2v) is 5.78. The van der Waals surface area contributed by atoms with Crippen LogP contribution in [0.5, 0.6) is 0 Å². The minimum absolute atomic E-state index is 0.526. The molecule has 1 saturated heterocycles. The fourth-order valence-electron chi connectivity index (χ4n) is 2.83. The van der Waals surface area contributed by atoms with Gasteiger partial charge in [-0.1, -0.05) is 39.5 Å². The lowest BCUT2D eigenvalue weighted by Crippen LogP contribution is -2.33. The van der Waals surface area contributed by atoms with E-state index in [0.29, 0.717) is 5.41 Å². The van der Waals surface area contributed by atoms with Crippen molar-refractivity contribution in [1.29, 1.82) is 0 Å². The standard InChI is InChI=1S/C14H30N2/c1-4-5-6-7-8-10-16-11-9-14(2,13-16)12-15-3/h15H,4-13H2,1-3H3. The van der Waals surface area contributed by atoms with Crippen molar-refractivity contribution in [3.63, 3.8) is 0 Å². The summed E-state index contributed by atoms with van der Waals surface area (Å²) in [5, 5.41) is 3.33. The quantitative estimate of drug-likeness (QED) is 0.640. The van der Waals surface area contributed by atoms with Crippen LogP contribution in [0.1, 0.15) is 52.4 Å². The number of likely N-dealkylation sites (tertiary alicyclic amines) is 1. The van der Waals surface area contributed by atoms with E-state index in [1.165, 1.54) is 64.7 Å². The average Bonchev–Trinajstić information content (AvgIpc) is 2.61. The Hall–Kier alpha value is -0.0800. The van der Waals surface area contributed by atoms with Gasteiger partial charge in [0.2, 0.25) is 0 Å². The number of nitrogens with zero attached hydrogens (tertiary/aromatic N) is 1. The second-order valence-electron chi connectivity index (χ2n) is 5.78. The molecule has 0 saturated carbocycles. The molecule has 0 aromatic heterocycles. The largest absolute Gasteiger partial charge is 0.319 e. The molecule has 2 nitrogen and oxygen atoms in total. The Bertz CT molecular complexity index is 182. The van der Waals surface area contributed by atoms with Gasteiger partial charge in [0.15, 0.2) is 0 Å². The van der Waals surface area contributed by atoms with E-state index in [9.17, 15) is 0 Å². The maximum absolute atomic E-state index is 3.33. The predicted octanol–water partition coefficient (Wildman–Crippen LogP) is 2.89. The molecule has 16 heavy (non-hydrogen) atoms. The summed E-state index contributed by atoms with van der Waals surface area (Å²) in [4.78, 5) is 2.66. The molecular weight excluding hydrogens is 196 g/mol. The summed E-state index contributed by atoms with van der Waals surface area (Å²) in [7, 11) is 2.07. The van der Waals surface area contributed by atoms with Gasteiger partial charge >= 0.3 is 0 Å². The third-order valence-corrected chi connectivity index (χ3v) is 3.82. The molecule has 0 aromatic carbocycles. The van der Waals surface area contributed by atoms with Crippen molar-refractivity contribution in [2.45, 2.75) is 52.4 Å². The Morgan fingerprint density at radius 1 is 1.19 bits per heavy atom. The fraction of sp³-hybridized carbons (Fsp3) is 1.00. The Morgan fingerprint density at radius 3 is 2.62 bits per heavy atom. The molecule has 0 aliphatic carbocycles. The van der Waals surface area contributed by atoms with Gasteiger partial charge in [-0.25, -0.2) is 0 Å². The van der Waals surface area contributed by atoms with Crippen LogP contribution in [0.25, 0.3) is 0 Å². The summed E-state index contributed by atoms with van der Waals surface area (Å²) >= 11 is 0. The molecule has 2 heteroatoms. The summed E-state index contributed by atoms with van der Waals surface area (Å²) in [5.74, 6) is 0. The van der Waals surface area contributed by atoms with Crippen LogP contribution in [-0.4, -0.2) is 38.1 Å². The Balaban J connectivity index is 2.07. The van der Waals surface area contributed by atoms with Crippen molar-refractivity contribution in [1.82, 2.24) is 10.2 Å². The smallest absolute Gasteiger partial charge is 0.00480 e. The van der Waals surface area contributed by atoms with E-state index in [0.717, 1.165) is 0 Å². The Labute approximate surface area is 102 Å². The van der Waals surface area contributed by atoms with E-state index in [1.54, 1.807) is 0 Å². The van der Waals surface area contributed by atoms with E-state index in [4.69, 9.17) is 0 Å². The number of rotatable bonds is 8. The summed E-state index contributed by atoms with van der Waals surface area (Å²) in [6, 6.07) is 0. The highest BCUT2D eigenvalue weighted by Gasteiger charge is 2.32. The number of nitrogens with one attached hydrogen (secondary N) is 1. The number of hydrogen-bond donors (Lipinski definition) is 1. The van der Waals surface area contributed by atoms with Crippen molar-refractivity contribution in [3.05, 3.63) is 0 Å². The van der Waals surface area contributed by atoms with Crippen molar-refractivity contribution < 1.29 is 0 Å². The lowest BCUT2D eigenvalue weighted by Gasteiger charge is -2.24. The lowest BCUT2D eigenvalue weighted by atomic mass is 9.90. The molecule has 1 heterocycles. The highest BCUT2D eigenvalue weighted by molar-refractivity contribution is 4.87. The lowest BCUT2D eigenvalue weighted by molar-refractivity contribution is 0.266. The first kappa shape index (κ1) is 14.0. The van der Waals surface area contributed by atoms with Gasteiger partial charge in [0.25, 0.3) is 0 Å². The molecule has 0 spiro atoms. The number of unbranched alkanes of at least 4 members (excludes halogenated alkanes) is 4. The Kier molecular flexibility index (Phi) is 6.37. The molecule has 0 bridgehead atoms. The van der Waals surface area contributed by atoms with E-state index in [2.05, 4.69) is 31.1 Å². The van der Waals surface area contributed by atoms with Gasteiger partial charge in [0.05, 0.1) is 0 Å². The van der Waals surface area contributed by atoms with Crippen LogP contribution in [0.2, 0.25) is 0 Å². The zero-order chi connectivity index (χ0) is 11.9. The van der Waals surface area contributed by atoms with Gasteiger partial charge in [-0.2, -0.15) is 0 Å². The van der Waals surface area contributed by atoms with Crippen LogP contribution in [-0.2, 0) is 0 Å². The monoisotopic (exact) mass is 226 g/mol. The normalized spacial score (nSPS) is 26.4. The van der Waals surface area contributed by atoms with Crippen LogP contribution < -0.4 is 5.32 Å². The molecule has 0 amide bonds. The third-order valence-electron chi connectivity index (χ3n) is 3.82. The molecular formula is C14H30N2. The Morgan fingerprint density at radius 2 is 1.94 bits per heavy atom.